The molecule has 2 heterocycles. The van der Waals surface area contributed by atoms with Crippen LogP contribution in [-0.2, 0) is 11.2 Å². The fourth-order valence-electron chi connectivity index (χ4n) is 2.63. The summed E-state index contributed by atoms with van der Waals surface area (Å²) in [7, 11) is 0. The number of rotatable bonds is 7. The third-order valence-electron chi connectivity index (χ3n) is 3.60. The molecule has 1 aliphatic rings. The van der Waals surface area contributed by atoms with E-state index < -0.39 is 0 Å². The molecular weight excluding hydrogens is 226 g/mol. The average Bonchev–Trinajstić information content (AvgIpc) is 2.90. The van der Waals surface area contributed by atoms with Crippen LogP contribution in [0.3, 0.4) is 0 Å². The van der Waals surface area contributed by atoms with Crippen molar-refractivity contribution in [3.05, 3.63) is 18.2 Å². The lowest BCUT2D eigenvalue weighted by atomic mass is 10.00. The molecule has 0 amide bonds. The number of hydrogen-bond donors (Lipinski definition) is 2. The molecular formula is C14H25N3O. The van der Waals surface area contributed by atoms with E-state index in [9.17, 15) is 0 Å². The highest BCUT2D eigenvalue weighted by molar-refractivity contribution is 4.91. The fourth-order valence-corrected chi connectivity index (χ4v) is 2.63. The highest BCUT2D eigenvalue weighted by Crippen LogP contribution is 2.18. The summed E-state index contributed by atoms with van der Waals surface area (Å²) in [4.78, 5) is 7.49. The van der Waals surface area contributed by atoms with Gasteiger partial charge in [-0.2, -0.15) is 0 Å². The van der Waals surface area contributed by atoms with E-state index in [2.05, 4.69) is 22.2 Å². The first-order valence-electron chi connectivity index (χ1n) is 7.21. The SMILES string of the molecule is CCNC(CCC1CCCCO1)Cc1ncc[nH]1. The van der Waals surface area contributed by atoms with Crippen LogP contribution in [0.5, 0.6) is 0 Å². The van der Waals surface area contributed by atoms with Crippen molar-refractivity contribution >= 4 is 0 Å². The summed E-state index contributed by atoms with van der Waals surface area (Å²) in [6, 6.07) is 0.506. The molecule has 1 aromatic rings. The van der Waals surface area contributed by atoms with Gasteiger partial charge in [0, 0.05) is 31.5 Å². The van der Waals surface area contributed by atoms with Crippen molar-refractivity contribution in [3.63, 3.8) is 0 Å². The molecule has 1 saturated heterocycles. The molecule has 0 saturated carbocycles. The summed E-state index contributed by atoms with van der Waals surface area (Å²) in [6.45, 7) is 4.12. The van der Waals surface area contributed by atoms with E-state index in [1.54, 1.807) is 0 Å². The lowest BCUT2D eigenvalue weighted by molar-refractivity contribution is 0.00858. The molecule has 4 heteroatoms. The molecule has 0 radical (unpaired) electrons. The quantitative estimate of drug-likeness (QED) is 0.781. The zero-order valence-electron chi connectivity index (χ0n) is 11.3. The monoisotopic (exact) mass is 251 g/mol. The van der Waals surface area contributed by atoms with Crippen LogP contribution in [0.4, 0.5) is 0 Å². The minimum atomic E-state index is 0.483. The highest BCUT2D eigenvalue weighted by Gasteiger charge is 2.17. The summed E-state index contributed by atoms with van der Waals surface area (Å²) in [5.41, 5.74) is 0. The van der Waals surface area contributed by atoms with Gasteiger partial charge in [-0.1, -0.05) is 6.92 Å². The molecule has 0 aliphatic carbocycles. The van der Waals surface area contributed by atoms with Crippen molar-refractivity contribution in [1.82, 2.24) is 15.3 Å². The Balaban J connectivity index is 1.74. The van der Waals surface area contributed by atoms with Gasteiger partial charge in [0.15, 0.2) is 0 Å². The Bertz CT molecular complexity index is 307. The number of H-pyrrole nitrogens is 1. The summed E-state index contributed by atoms with van der Waals surface area (Å²) in [5.74, 6) is 1.07. The van der Waals surface area contributed by atoms with Crippen LogP contribution < -0.4 is 5.32 Å². The third-order valence-corrected chi connectivity index (χ3v) is 3.60. The van der Waals surface area contributed by atoms with Crippen molar-refractivity contribution < 1.29 is 4.74 Å². The lowest BCUT2D eigenvalue weighted by Crippen LogP contribution is -2.33. The largest absolute Gasteiger partial charge is 0.378 e. The Hall–Kier alpha value is -0.870. The Morgan fingerprint density at radius 2 is 2.50 bits per heavy atom. The van der Waals surface area contributed by atoms with Crippen molar-refractivity contribution in [2.24, 2.45) is 0 Å². The molecule has 1 aliphatic heterocycles. The normalized spacial score (nSPS) is 21.9. The molecule has 0 spiro atoms. The van der Waals surface area contributed by atoms with Crippen LogP contribution in [0, 0.1) is 0 Å². The molecule has 1 fully saturated rings. The smallest absolute Gasteiger partial charge is 0.107 e. The maximum Gasteiger partial charge on any atom is 0.107 e. The number of aromatic amines is 1. The summed E-state index contributed by atoms with van der Waals surface area (Å²) in [5, 5.41) is 3.54. The van der Waals surface area contributed by atoms with Crippen LogP contribution in [-0.4, -0.2) is 35.3 Å². The van der Waals surface area contributed by atoms with Gasteiger partial charge in [-0.3, -0.25) is 0 Å². The highest BCUT2D eigenvalue weighted by atomic mass is 16.5. The van der Waals surface area contributed by atoms with E-state index in [-0.39, 0.29) is 0 Å². The van der Waals surface area contributed by atoms with Crippen LogP contribution in [0.1, 0.15) is 44.9 Å². The third kappa shape index (κ3) is 4.42. The summed E-state index contributed by atoms with van der Waals surface area (Å²) in [6.07, 6.45) is 11.3. The van der Waals surface area contributed by atoms with Crippen LogP contribution in [0.2, 0.25) is 0 Å². The molecule has 1 aromatic heterocycles. The first-order chi connectivity index (χ1) is 8.88. The Labute approximate surface area is 110 Å². The molecule has 2 atom stereocenters. The number of likely N-dealkylation sites (N-methyl/N-ethyl adjacent to an activating group) is 1. The molecule has 4 nitrogen and oxygen atoms in total. The number of ether oxygens (including phenoxy) is 1. The predicted octanol–water partition coefficient (Wildman–Crippen LogP) is 2.28. The average molecular weight is 251 g/mol. The Morgan fingerprint density at radius 1 is 1.56 bits per heavy atom. The first-order valence-corrected chi connectivity index (χ1v) is 7.21. The summed E-state index contributed by atoms with van der Waals surface area (Å²) >= 11 is 0. The van der Waals surface area contributed by atoms with Crippen molar-refractivity contribution in [3.8, 4) is 0 Å². The number of hydrogen-bond acceptors (Lipinski definition) is 3. The van der Waals surface area contributed by atoms with Gasteiger partial charge in [0.2, 0.25) is 0 Å². The lowest BCUT2D eigenvalue weighted by Gasteiger charge is -2.25. The van der Waals surface area contributed by atoms with Gasteiger partial charge in [-0.25, -0.2) is 4.98 Å². The minimum absolute atomic E-state index is 0.483. The molecule has 2 N–H and O–H groups in total. The predicted molar refractivity (Wildman–Crippen MR) is 72.6 cm³/mol. The van der Waals surface area contributed by atoms with E-state index in [0.29, 0.717) is 12.1 Å². The Kier molecular flexibility index (Phi) is 5.68. The zero-order valence-corrected chi connectivity index (χ0v) is 11.3. The Morgan fingerprint density at radius 3 is 3.17 bits per heavy atom. The van der Waals surface area contributed by atoms with Gasteiger partial charge in [0.05, 0.1) is 6.10 Å². The van der Waals surface area contributed by atoms with Crippen molar-refractivity contribution in [2.75, 3.05) is 13.2 Å². The maximum absolute atomic E-state index is 5.79. The van der Waals surface area contributed by atoms with E-state index in [1.807, 2.05) is 12.4 Å². The molecule has 0 bridgehead atoms. The fraction of sp³-hybridized carbons (Fsp3) is 0.786. The molecule has 2 rings (SSSR count). The number of imidazole rings is 1. The second-order valence-corrected chi connectivity index (χ2v) is 5.06. The second-order valence-electron chi connectivity index (χ2n) is 5.06. The minimum Gasteiger partial charge on any atom is -0.378 e. The van der Waals surface area contributed by atoms with Gasteiger partial charge in [0.1, 0.15) is 5.82 Å². The standard InChI is InChI=1S/C14H25N3O/c1-2-15-12(11-14-16-8-9-17-14)6-7-13-5-3-4-10-18-13/h8-9,12-13,15H,2-7,10-11H2,1H3,(H,16,17). The number of nitrogens with one attached hydrogen (secondary N) is 2. The first kappa shape index (κ1) is 13.6. The van der Waals surface area contributed by atoms with E-state index in [0.717, 1.165) is 25.4 Å². The second kappa shape index (κ2) is 7.54. The van der Waals surface area contributed by atoms with Gasteiger partial charge in [0.25, 0.3) is 0 Å². The van der Waals surface area contributed by atoms with Gasteiger partial charge in [-0.05, 0) is 38.6 Å². The zero-order chi connectivity index (χ0) is 12.6. The van der Waals surface area contributed by atoms with Gasteiger partial charge < -0.3 is 15.0 Å². The van der Waals surface area contributed by atoms with Crippen LogP contribution >= 0.6 is 0 Å². The van der Waals surface area contributed by atoms with E-state index in [4.69, 9.17) is 4.74 Å². The maximum atomic E-state index is 5.79. The van der Waals surface area contributed by atoms with E-state index >= 15 is 0 Å². The topological polar surface area (TPSA) is 49.9 Å². The van der Waals surface area contributed by atoms with Gasteiger partial charge >= 0.3 is 0 Å². The summed E-state index contributed by atoms with van der Waals surface area (Å²) < 4.78 is 5.79. The number of aromatic nitrogens is 2. The number of nitrogens with zero attached hydrogens (tertiary/aromatic N) is 1. The van der Waals surface area contributed by atoms with Crippen LogP contribution in [0.25, 0.3) is 0 Å². The van der Waals surface area contributed by atoms with E-state index in [1.165, 1.54) is 32.1 Å². The molecule has 18 heavy (non-hydrogen) atoms. The molecule has 2 unspecified atom stereocenters. The molecule has 0 aromatic carbocycles. The van der Waals surface area contributed by atoms with Crippen molar-refractivity contribution in [2.45, 2.75) is 57.6 Å². The van der Waals surface area contributed by atoms with Crippen molar-refractivity contribution in [1.29, 1.82) is 0 Å². The van der Waals surface area contributed by atoms with Gasteiger partial charge in [-0.15, -0.1) is 0 Å². The molecule has 102 valence electrons. The van der Waals surface area contributed by atoms with Crippen LogP contribution in [0.15, 0.2) is 12.4 Å².